The van der Waals surface area contributed by atoms with Gasteiger partial charge in [-0.1, -0.05) is 29.8 Å². The van der Waals surface area contributed by atoms with Crippen LogP contribution in [0.3, 0.4) is 0 Å². The van der Waals surface area contributed by atoms with Crippen molar-refractivity contribution in [3.05, 3.63) is 75.5 Å². The fourth-order valence-corrected chi connectivity index (χ4v) is 3.85. The molecule has 1 atom stereocenters. The first kappa shape index (κ1) is 22.7. The van der Waals surface area contributed by atoms with Gasteiger partial charge in [0.15, 0.2) is 5.78 Å². The molecule has 0 aliphatic rings. The van der Waals surface area contributed by atoms with Crippen LogP contribution in [0.4, 0.5) is 0 Å². The second-order valence-corrected chi connectivity index (χ2v) is 8.33. The molecule has 0 unspecified atom stereocenters. The summed E-state index contributed by atoms with van der Waals surface area (Å²) in [7, 11) is 1.86. The van der Waals surface area contributed by atoms with Crippen molar-refractivity contribution in [2.24, 2.45) is 7.05 Å². The quantitative estimate of drug-likeness (QED) is 0.454. The fraction of sp³-hybridized carbons (Fsp3) is 0.273. The lowest BCUT2D eigenvalue weighted by Gasteiger charge is -2.19. The molecule has 2 N–H and O–H groups in total. The number of benzene rings is 1. The van der Waals surface area contributed by atoms with Crippen molar-refractivity contribution in [1.82, 2.24) is 20.2 Å². The van der Waals surface area contributed by atoms with Crippen LogP contribution in [-0.4, -0.2) is 33.7 Å². The first-order chi connectivity index (χ1) is 14.9. The van der Waals surface area contributed by atoms with Crippen molar-refractivity contribution >= 4 is 40.5 Å². The number of Topliss-reactive ketones (excluding diaryl/α,β-unsaturated/α-hetero) is 1. The van der Waals surface area contributed by atoms with Gasteiger partial charge in [0.1, 0.15) is 11.9 Å². The summed E-state index contributed by atoms with van der Waals surface area (Å²) < 4.78 is 1.84. The summed E-state index contributed by atoms with van der Waals surface area (Å²) in [5.41, 5.74) is 0.850. The van der Waals surface area contributed by atoms with Gasteiger partial charge >= 0.3 is 0 Å². The van der Waals surface area contributed by atoms with Crippen LogP contribution in [0.25, 0.3) is 0 Å². The molecule has 0 aliphatic heterocycles. The molecule has 0 bridgehead atoms. The van der Waals surface area contributed by atoms with Crippen molar-refractivity contribution in [2.75, 3.05) is 6.54 Å². The number of imidazole rings is 1. The fourth-order valence-electron chi connectivity index (χ4n) is 3.03. The van der Waals surface area contributed by atoms with Gasteiger partial charge in [-0.3, -0.25) is 14.4 Å². The number of hydrogen-bond donors (Lipinski definition) is 2. The van der Waals surface area contributed by atoms with Crippen LogP contribution in [0, 0.1) is 0 Å². The summed E-state index contributed by atoms with van der Waals surface area (Å²) in [6.07, 6.45) is 3.83. The molecule has 0 spiro atoms. The summed E-state index contributed by atoms with van der Waals surface area (Å²) in [5, 5.41) is 8.10. The Labute approximate surface area is 189 Å². The molecule has 3 aromatic rings. The number of carbonyl (C=O) groups excluding carboxylic acids is 3. The minimum atomic E-state index is -0.441. The number of aryl methyl sites for hydroxylation is 1. The monoisotopic (exact) mass is 458 g/mol. The molecule has 7 nitrogen and oxygen atoms in total. The number of nitrogens with one attached hydrogen (secondary N) is 2. The van der Waals surface area contributed by atoms with Gasteiger partial charge in [-0.15, -0.1) is 11.3 Å². The third-order valence-corrected chi connectivity index (χ3v) is 5.84. The number of amides is 2. The van der Waals surface area contributed by atoms with Gasteiger partial charge in [-0.05, 0) is 29.1 Å². The molecule has 0 aliphatic carbocycles. The van der Waals surface area contributed by atoms with Crippen LogP contribution in [0.15, 0.2) is 54.2 Å². The lowest BCUT2D eigenvalue weighted by atomic mass is 10.1. The maximum Gasteiger partial charge on any atom is 0.222 e. The molecule has 3 rings (SSSR count). The lowest BCUT2D eigenvalue weighted by Crippen LogP contribution is -2.34. The van der Waals surface area contributed by atoms with E-state index in [0.29, 0.717) is 15.7 Å². The zero-order valence-corrected chi connectivity index (χ0v) is 18.6. The van der Waals surface area contributed by atoms with E-state index in [1.165, 1.54) is 11.3 Å². The topological polar surface area (TPSA) is 93.1 Å². The standard InChI is InChI=1S/C22H23ClN4O3S/c1-27-13-12-25-22(27)21(15-4-6-16(23)7-5-15)26-20(30)10-11-24-19(29)9-8-17(28)18-3-2-14-31-18/h2-7,12-14,21H,8-11H2,1H3,(H,24,29)(H,26,30)/t21-/m0/s1. The SMILES string of the molecule is Cn1ccnc1[C@@H](NC(=O)CCNC(=O)CCC(=O)c1cccs1)c1ccc(Cl)cc1. The van der Waals surface area contributed by atoms with E-state index in [-0.39, 0.29) is 43.4 Å². The second kappa shape index (κ2) is 10.9. The first-order valence-corrected chi connectivity index (χ1v) is 11.0. The van der Waals surface area contributed by atoms with Crippen LogP contribution in [0.5, 0.6) is 0 Å². The number of hydrogen-bond acceptors (Lipinski definition) is 5. The predicted octanol–water partition coefficient (Wildman–Crippen LogP) is 3.51. The molecule has 1 aromatic carbocycles. The zero-order chi connectivity index (χ0) is 22.2. The molecule has 2 aromatic heterocycles. The predicted molar refractivity (Wildman–Crippen MR) is 120 cm³/mol. The van der Waals surface area contributed by atoms with E-state index in [0.717, 1.165) is 5.56 Å². The summed E-state index contributed by atoms with van der Waals surface area (Å²) in [4.78, 5) is 41.5. The number of thiophene rings is 1. The van der Waals surface area contributed by atoms with E-state index in [1.54, 1.807) is 30.5 Å². The third-order valence-electron chi connectivity index (χ3n) is 4.67. The smallest absolute Gasteiger partial charge is 0.222 e. The first-order valence-electron chi connectivity index (χ1n) is 9.79. The molecule has 0 saturated heterocycles. The van der Waals surface area contributed by atoms with E-state index < -0.39 is 6.04 Å². The van der Waals surface area contributed by atoms with E-state index in [2.05, 4.69) is 15.6 Å². The van der Waals surface area contributed by atoms with E-state index in [4.69, 9.17) is 11.6 Å². The van der Waals surface area contributed by atoms with E-state index >= 15 is 0 Å². The minimum absolute atomic E-state index is 0.0521. The minimum Gasteiger partial charge on any atom is -0.356 e. The number of carbonyl (C=O) groups is 3. The van der Waals surface area contributed by atoms with Crippen molar-refractivity contribution in [3.63, 3.8) is 0 Å². The second-order valence-electron chi connectivity index (χ2n) is 6.95. The Morgan fingerprint density at radius 3 is 2.52 bits per heavy atom. The van der Waals surface area contributed by atoms with Crippen molar-refractivity contribution in [3.8, 4) is 0 Å². The van der Waals surface area contributed by atoms with E-state index in [9.17, 15) is 14.4 Å². The molecule has 162 valence electrons. The molecule has 2 amide bonds. The Morgan fingerprint density at radius 2 is 1.87 bits per heavy atom. The van der Waals surface area contributed by atoms with Crippen LogP contribution < -0.4 is 10.6 Å². The van der Waals surface area contributed by atoms with Crippen LogP contribution >= 0.6 is 22.9 Å². The van der Waals surface area contributed by atoms with Gasteiger partial charge in [0.25, 0.3) is 0 Å². The maximum absolute atomic E-state index is 12.5. The molecular formula is C22H23ClN4O3S. The molecular weight excluding hydrogens is 436 g/mol. The Kier molecular flexibility index (Phi) is 7.97. The number of ketones is 1. The number of rotatable bonds is 10. The van der Waals surface area contributed by atoms with Crippen molar-refractivity contribution < 1.29 is 14.4 Å². The third kappa shape index (κ3) is 6.50. The highest BCUT2D eigenvalue weighted by Gasteiger charge is 2.20. The maximum atomic E-state index is 12.5. The summed E-state index contributed by atoms with van der Waals surface area (Å²) in [5.74, 6) is 0.157. The number of aromatic nitrogens is 2. The largest absolute Gasteiger partial charge is 0.356 e. The van der Waals surface area contributed by atoms with Crippen LogP contribution in [0.1, 0.15) is 46.4 Å². The number of nitrogens with zero attached hydrogens (tertiary/aromatic N) is 2. The van der Waals surface area contributed by atoms with Gasteiger partial charge < -0.3 is 15.2 Å². The van der Waals surface area contributed by atoms with Crippen molar-refractivity contribution in [1.29, 1.82) is 0 Å². The Morgan fingerprint density at radius 1 is 1.10 bits per heavy atom. The normalized spacial score (nSPS) is 11.7. The Hall–Kier alpha value is -2.97. The number of halogens is 1. The van der Waals surface area contributed by atoms with Crippen LogP contribution in [-0.2, 0) is 16.6 Å². The highest BCUT2D eigenvalue weighted by molar-refractivity contribution is 7.12. The molecule has 0 saturated carbocycles. The van der Waals surface area contributed by atoms with Gasteiger partial charge in [-0.25, -0.2) is 4.98 Å². The average molecular weight is 459 g/mol. The Bertz CT molecular complexity index is 1030. The molecule has 9 heteroatoms. The summed E-state index contributed by atoms with van der Waals surface area (Å²) in [6.45, 7) is 0.186. The van der Waals surface area contributed by atoms with Gasteiger partial charge in [0, 0.05) is 50.3 Å². The molecule has 31 heavy (non-hydrogen) atoms. The van der Waals surface area contributed by atoms with E-state index in [1.807, 2.05) is 35.3 Å². The van der Waals surface area contributed by atoms with Crippen molar-refractivity contribution in [2.45, 2.75) is 25.3 Å². The lowest BCUT2D eigenvalue weighted by molar-refractivity contribution is -0.122. The highest BCUT2D eigenvalue weighted by Crippen LogP contribution is 2.22. The zero-order valence-electron chi connectivity index (χ0n) is 17.0. The van der Waals surface area contributed by atoms with Gasteiger partial charge in [0.05, 0.1) is 4.88 Å². The van der Waals surface area contributed by atoms with Gasteiger partial charge in [0.2, 0.25) is 11.8 Å². The molecule has 2 heterocycles. The highest BCUT2D eigenvalue weighted by atomic mass is 35.5. The Balaban J connectivity index is 1.49. The summed E-state index contributed by atoms with van der Waals surface area (Å²) in [6, 6.07) is 10.3. The van der Waals surface area contributed by atoms with Gasteiger partial charge in [-0.2, -0.15) is 0 Å². The molecule has 0 radical (unpaired) electrons. The average Bonchev–Trinajstić information content (AvgIpc) is 3.43. The molecule has 0 fully saturated rings. The van der Waals surface area contributed by atoms with Crippen LogP contribution in [0.2, 0.25) is 5.02 Å². The summed E-state index contributed by atoms with van der Waals surface area (Å²) >= 11 is 7.34.